The van der Waals surface area contributed by atoms with Crippen molar-refractivity contribution in [1.82, 2.24) is 4.90 Å². The number of carbonyl (C=O) groups is 1. The van der Waals surface area contributed by atoms with E-state index in [2.05, 4.69) is 22.9 Å². The quantitative estimate of drug-likeness (QED) is 0.782. The molecule has 0 aliphatic carbocycles. The van der Waals surface area contributed by atoms with Gasteiger partial charge in [-0.3, -0.25) is 4.79 Å². The van der Waals surface area contributed by atoms with Crippen LogP contribution in [0.25, 0.3) is 0 Å². The monoisotopic (exact) mass is 263 g/mol. The molecule has 14 heavy (non-hydrogen) atoms. The number of alkyl halides is 1. The lowest BCUT2D eigenvalue weighted by Gasteiger charge is -2.26. The number of rotatable bonds is 3. The van der Waals surface area contributed by atoms with Crippen LogP contribution in [0, 0.1) is 5.92 Å². The van der Waals surface area contributed by atoms with E-state index in [1.165, 1.54) is 0 Å². The molecule has 1 saturated heterocycles. The second-order valence-corrected chi connectivity index (χ2v) is 5.03. The van der Waals surface area contributed by atoms with Gasteiger partial charge >= 0.3 is 0 Å². The van der Waals surface area contributed by atoms with Crippen molar-refractivity contribution in [3.63, 3.8) is 0 Å². The second kappa shape index (κ2) is 5.12. The van der Waals surface area contributed by atoms with Crippen LogP contribution in [0.3, 0.4) is 0 Å². The van der Waals surface area contributed by atoms with Crippen LogP contribution in [0.15, 0.2) is 0 Å². The lowest BCUT2D eigenvalue weighted by Crippen LogP contribution is -2.43. The first kappa shape index (κ1) is 12.0. The molecule has 1 N–H and O–H groups in total. The lowest BCUT2D eigenvalue weighted by atomic mass is 10.0. The summed E-state index contributed by atoms with van der Waals surface area (Å²) < 4.78 is 0. The van der Waals surface area contributed by atoms with E-state index in [9.17, 15) is 9.90 Å². The number of likely N-dealkylation sites (tertiary alicyclic amines) is 1. The molecule has 1 rings (SSSR count). The maximum atomic E-state index is 11.9. The zero-order chi connectivity index (χ0) is 10.7. The van der Waals surface area contributed by atoms with Crippen molar-refractivity contribution in [3.8, 4) is 0 Å². The molecule has 0 spiro atoms. The lowest BCUT2D eigenvalue weighted by molar-refractivity contribution is -0.132. The van der Waals surface area contributed by atoms with E-state index in [0.717, 1.165) is 19.4 Å². The molecule has 82 valence electrons. The van der Waals surface area contributed by atoms with Crippen LogP contribution in [0.1, 0.15) is 26.7 Å². The molecule has 0 aromatic carbocycles. The average Bonchev–Trinajstić information content (AvgIpc) is 2.57. The fraction of sp³-hybridized carbons (Fsp3) is 0.900. The number of amides is 1. The van der Waals surface area contributed by atoms with Gasteiger partial charge in [0.25, 0.3) is 0 Å². The molecule has 0 bridgehead atoms. The van der Waals surface area contributed by atoms with Gasteiger partial charge in [-0.15, -0.1) is 0 Å². The smallest absolute Gasteiger partial charge is 0.236 e. The summed E-state index contributed by atoms with van der Waals surface area (Å²) >= 11 is 3.36. The summed E-state index contributed by atoms with van der Waals surface area (Å²) in [5.41, 5.74) is 0. The van der Waals surface area contributed by atoms with Gasteiger partial charge < -0.3 is 10.0 Å². The van der Waals surface area contributed by atoms with Crippen molar-refractivity contribution >= 4 is 21.8 Å². The normalized spacial score (nSPS) is 29.3. The number of halogens is 1. The van der Waals surface area contributed by atoms with Crippen molar-refractivity contribution in [1.29, 1.82) is 0 Å². The highest BCUT2D eigenvalue weighted by molar-refractivity contribution is 9.10. The highest BCUT2D eigenvalue weighted by Gasteiger charge is 2.35. The summed E-state index contributed by atoms with van der Waals surface area (Å²) in [5, 5.41) is 9.20. The molecule has 0 radical (unpaired) electrons. The van der Waals surface area contributed by atoms with Gasteiger partial charge in [-0.2, -0.15) is 0 Å². The molecule has 0 aromatic rings. The Labute approximate surface area is 93.6 Å². The molecule has 1 amide bonds. The van der Waals surface area contributed by atoms with Crippen LogP contribution in [0.5, 0.6) is 0 Å². The summed E-state index contributed by atoms with van der Waals surface area (Å²) in [6.45, 7) is 4.93. The molecule has 1 heterocycles. The van der Waals surface area contributed by atoms with Gasteiger partial charge in [0.2, 0.25) is 5.91 Å². The minimum absolute atomic E-state index is 0.0223. The Bertz CT molecular complexity index is 210. The fourth-order valence-electron chi connectivity index (χ4n) is 1.91. The first-order chi connectivity index (χ1) is 6.61. The van der Waals surface area contributed by atoms with Crippen LogP contribution in [-0.4, -0.2) is 39.9 Å². The van der Waals surface area contributed by atoms with Crippen LogP contribution in [0.4, 0.5) is 0 Å². The molecule has 4 heteroatoms. The molecule has 1 aliphatic rings. The van der Waals surface area contributed by atoms with Crippen LogP contribution in [-0.2, 0) is 4.79 Å². The van der Waals surface area contributed by atoms with E-state index < -0.39 is 0 Å². The predicted octanol–water partition coefficient (Wildman–Crippen LogP) is 1.39. The van der Waals surface area contributed by atoms with Gasteiger partial charge in [-0.05, 0) is 18.8 Å². The van der Waals surface area contributed by atoms with Gasteiger partial charge in [-0.1, -0.05) is 29.8 Å². The van der Waals surface area contributed by atoms with E-state index in [4.69, 9.17) is 0 Å². The van der Waals surface area contributed by atoms with Crippen molar-refractivity contribution in [3.05, 3.63) is 0 Å². The van der Waals surface area contributed by atoms with E-state index in [0.29, 0.717) is 5.92 Å². The van der Waals surface area contributed by atoms with E-state index in [1.54, 1.807) is 0 Å². The minimum Gasteiger partial charge on any atom is -0.394 e. The van der Waals surface area contributed by atoms with E-state index >= 15 is 0 Å². The highest BCUT2D eigenvalue weighted by Crippen LogP contribution is 2.25. The largest absolute Gasteiger partial charge is 0.394 e. The first-order valence-electron chi connectivity index (χ1n) is 5.17. The first-order valence-corrected chi connectivity index (χ1v) is 6.08. The van der Waals surface area contributed by atoms with Crippen LogP contribution < -0.4 is 0 Å². The third kappa shape index (κ3) is 2.28. The van der Waals surface area contributed by atoms with Gasteiger partial charge in [0.05, 0.1) is 17.5 Å². The molecule has 1 aliphatic heterocycles. The van der Waals surface area contributed by atoms with Crippen molar-refractivity contribution in [2.24, 2.45) is 5.92 Å². The Balaban J connectivity index is 2.64. The predicted molar refractivity (Wildman–Crippen MR) is 59.4 cm³/mol. The average molecular weight is 264 g/mol. The molecular formula is C10H18BrNO2. The number of aliphatic hydroxyl groups excluding tert-OH is 1. The van der Waals surface area contributed by atoms with Crippen molar-refractivity contribution in [2.75, 3.05) is 13.2 Å². The van der Waals surface area contributed by atoms with Crippen molar-refractivity contribution < 1.29 is 9.90 Å². The fourth-order valence-corrected chi connectivity index (χ4v) is 2.18. The Kier molecular flexibility index (Phi) is 4.38. The highest BCUT2D eigenvalue weighted by atomic mass is 79.9. The van der Waals surface area contributed by atoms with E-state index in [1.807, 2.05) is 11.8 Å². The Hall–Kier alpha value is -0.0900. The zero-order valence-electron chi connectivity index (χ0n) is 8.74. The number of hydrogen-bond donors (Lipinski definition) is 1. The van der Waals surface area contributed by atoms with Crippen LogP contribution in [0.2, 0.25) is 0 Å². The standard InChI is InChI=1S/C10H18BrNO2/c1-3-8(11)10(14)12-5-4-7(2)9(12)6-13/h7-9,13H,3-6H2,1-2H3. The zero-order valence-corrected chi connectivity index (χ0v) is 10.3. The number of hydrogen-bond acceptors (Lipinski definition) is 2. The summed E-state index contributed by atoms with van der Waals surface area (Å²) in [4.78, 5) is 13.6. The maximum Gasteiger partial charge on any atom is 0.236 e. The summed E-state index contributed by atoms with van der Waals surface area (Å²) in [5.74, 6) is 0.538. The number of aliphatic hydroxyl groups is 1. The number of carbonyl (C=O) groups excluding carboxylic acids is 1. The molecule has 0 saturated carbocycles. The molecular weight excluding hydrogens is 246 g/mol. The molecule has 3 nitrogen and oxygen atoms in total. The van der Waals surface area contributed by atoms with E-state index in [-0.39, 0.29) is 23.4 Å². The summed E-state index contributed by atoms with van der Waals surface area (Å²) in [6.07, 6.45) is 1.79. The topological polar surface area (TPSA) is 40.5 Å². The van der Waals surface area contributed by atoms with Gasteiger partial charge in [0.1, 0.15) is 0 Å². The van der Waals surface area contributed by atoms with Gasteiger partial charge in [0.15, 0.2) is 0 Å². The Morgan fingerprint density at radius 3 is 2.86 bits per heavy atom. The molecule has 3 atom stereocenters. The second-order valence-electron chi connectivity index (χ2n) is 3.92. The summed E-state index contributed by atoms with van der Waals surface area (Å²) in [6, 6.07) is 0.0223. The third-order valence-corrected chi connectivity index (χ3v) is 4.02. The third-order valence-electron chi connectivity index (χ3n) is 2.98. The SMILES string of the molecule is CCC(Br)C(=O)N1CCC(C)C1CO. The molecule has 3 unspecified atom stereocenters. The van der Waals surface area contributed by atoms with Gasteiger partial charge in [-0.25, -0.2) is 0 Å². The number of nitrogens with zero attached hydrogens (tertiary/aromatic N) is 1. The van der Waals surface area contributed by atoms with Crippen molar-refractivity contribution in [2.45, 2.75) is 37.6 Å². The Morgan fingerprint density at radius 1 is 1.71 bits per heavy atom. The van der Waals surface area contributed by atoms with Crippen LogP contribution >= 0.6 is 15.9 Å². The molecule has 0 aromatic heterocycles. The van der Waals surface area contributed by atoms with Gasteiger partial charge in [0, 0.05) is 6.54 Å². The Morgan fingerprint density at radius 2 is 2.36 bits per heavy atom. The minimum atomic E-state index is -0.0955. The maximum absolute atomic E-state index is 11.9. The molecule has 1 fully saturated rings. The summed E-state index contributed by atoms with van der Waals surface area (Å²) in [7, 11) is 0.